The van der Waals surface area contributed by atoms with Crippen LogP contribution < -0.4 is 15.4 Å². The molecule has 0 bridgehead atoms. The Morgan fingerprint density at radius 1 is 1.32 bits per heavy atom. The van der Waals surface area contributed by atoms with E-state index in [1.54, 1.807) is 7.05 Å². The van der Waals surface area contributed by atoms with Crippen molar-refractivity contribution in [3.05, 3.63) is 29.3 Å². The molecule has 144 valence electrons. The number of halogens is 1. The molecule has 0 aromatic heterocycles. The van der Waals surface area contributed by atoms with Crippen molar-refractivity contribution in [1.29, 1.82) is 0 Å². The molecule has 6 nitrogen and oxygen atoms in total. The molecule has 2 N–H and O–H groups in total. The molecule has 0 amide bonds. The number of aliphatic imine (C=N–C) groups is 1. The van der Waals surface area contributed by atoms with E-state index in [9.17, 15) is 8.42 Å². The summed E-state index contributed by atoms with van der Waals surface area (Å²) >= 11 is 0. The zero-order valence-corrected chi connectivity index (χ0v) is 18.8. The van der Waals surface area contributed by atoms with Crippen LogP contribution in [0.25, 0.3) is 0 Å². The number of nitrogens with zero attached hydrogens (tertiary/aromatic N) is 1. The van der Waals surface area contributed by atoms with E-state index in [0.29, 0.717) is 19.0 Å². The average molecular weight is 483 g/mol. The fourth-order valence-electron chi connectivity index (χ4n) is 1.97. The molecule has 0 aliphatic carbocycles. The second-order valence-corrected chi connectivity index (χ2v) is 8.19. The third kappa shape index (κ3) is 9.88. The fraction of sp³-hybridized carbons (Fsp3) is 0.588. The van der Waals surface area contributed by atoms with Gasteiger partial charge in [-0.05, 0) is 31.9 Å². The smallest absolute Gasteiger partial charge is 0.191 e. The van der Waals surface area contributed by atoms with Crippen LogP contribution in [0.15, 0.2) is 23.2 Å². The van der Waals surface area contributed by atoms with Crippen molar-refractivity contribution in [1.82, 2.24) is 10.6 Å². The fourth-order valence-corrected chi connectivity index (χ4v) is 2.44. The largest absolute Gasteiger partial charge is 0.490 e. The second-order valence-electron chi connectivity index (χ2n) is 5.93. The van der Waals surface area contributed by atoms with Crippen LogP contribution in [0.3, 0.4) is 0 Å². The Hall–Kier alpha value is -1.03. The summed E-state index contributed by atoms with van der Waals surface area (Å²) in [5.41, 5.74) is 2.18. The first-order chi connectivity index (χ1) is 11.2. The van der Waals surface area contributed by atoms with E-state index in [1.165, 1.54) is 6.26 Å². The predicted octanol–water partition coefficient (Wildman–Crippen LogP) is 2.50. The quantitative estimate of drug-likeness (QED) is 0.338. The minimum absolute atomic E-state index is 0. The normalized spacial score (nSPS) is 12.9. The minimum Gasteiger partial charge on any atom is -0.490 e. The van der Waals surface area contributed by atoms with Crippen LogP contribution in [0.1, 0.15) is 31.4 Å². The van der Waals surface area contributed by atoms with Gasteiger partial charge in [0.15, 0.2) is 5.96 Å². The molecular formula is C17H30IN3O3S. The van der Waals surface area contributed by atoms with Crippen molar-refractivity contribution in [2.45, 2.75) is 39.8 Å². The van der Waals surface area contributed by atoms with Crippen LogP contribution in [-0.2, 0) is 16.4 Å². The summed E-state index contributed by atoms with van der Waals surface area (Å²) in [6.07, 6.45) is 2.31. The Morgan fingerprint density at radius 2 is 2.00 bits per heavy atom. The molecule has 1 aromatic rings. The molecular weight excluding hydrogens is 453 g/mol. The molecule has 0 aliphatic heterocycles. The first-order valence-electron chi connectivity index (χ1n) is 8.13. The van der Waals surface area contributed by atoms with Crippen molar-refractivity contribution in [2.24, 2.45) is 4.99 Å². The first kappa shape index (κ1) is 24.0. The maximum atomic E-state index is 11.2. The van der Waals surface area contributed by atoms with E-state index in [2.05, 4.69) is 22.5 Å². The van der Waals surface area contributed by atoms with Gasteiger partial charge in [0.1, 0.15) is 15.6 Å². The molecule has 0 heterocycles. The van der Waals surface area contributed by atoms with Gasteiger partial charge in [-0.3, -0.25) is 4.99 Å². The zero-order chi connectivity index (χ0) is 18.2. The highest BCUT2D eigenvalue weighted by molar-refractivity contribution is 14.0. The molecule has 0 aliphatic rings. The SMILES string of the molecule is CCC(C)Oc1cc(C)ccc1CNC(=NC)NCCS(C)(=O)=O.I. The molecule has 0 saturated heterocycles. The second kappa shape index (κ2) is 11.6. The molecule has 0 radical (unpaired) electrons. The Balaban J connectivity index is 0.00000576. The highest BCUT2D eigenvalue weighted by atomic mass is 127. The number of nitrogens with one attached hydrogen (secondary N) is 2. The van der Waals surface area contributed by atoms with Gasteiger partial charge in [0.05, 0.1) is 11.9 Å². The highest BCUT2D eigenvalue weighted by Gasteiger charge is 2.09. The summed E-state index contributed by atoms with van der Waals surface area (Å²) in [5, 5.41) is 6.19. The molecule has 1 atom stereocenters. The van der Waals surface area contributed by atoms with Crippen LogP contribution in [0, 0.1) is 6.92 Å². The lowest BCUT2D eigenvalue weighted by Gasteiger charge is -2.18. The molecule has 0 saturated carbocycles. The van der Waals surface area contributed by atoms with Crippen molar-refractivity contribution >= 4 is 39.8 Å². The van der Waals surface area contributed by atoms with Gasteiger partial charge in [0, 0.05) is 32.0 Å². The predicted molar refractivity (Wildman–Crippen MR) is 115 cm³/mol. The number of hydrogen-bond acceptors (Lipinski definition) is 4. The van der Waals surface area contributed by atoms with E-state index in [1.807, 2.05) is 32.0 Å². The zero-order valence-electron chi connectivity index (χ0n) is 15.6. The number of sulfone groups is 1. The van der Waals surface area contributed by atoms with Gasteiger partial charge >= 0.3 is 0 Å². The van der Waals surface area contributed by atoms with Gasteiger partial charge in [0.2, 0.25) is 0 Å². The Kier molecular flexibility index (Phi) is 11.1. The van der Waals surface area contributed by atoms with E-state index in [4.69, 9.17) is 4.74 Å². The van der Waals surface area contributed by atoms with Crippen molar-refractivity contribution in [3.63, 3.8) is 0 Å². The van der Waals surface area contributed by atoms with Crippen LogP contribution in [-0.4, -0.2) is 46.1 Å². The summed E-state index contributed by atoms with van der Waals surface area (Å²) in [6, 6.07) is 6.10. The Bertz CT molecular complexity index is 663. The van der Waals surface area contributed by atoms with E-state index in [0.717, 1.165) is 23.3 Å². The summed E-state index contributed by atoms with van der Waals surface area (Å²) in [6.45, 7) is 7.04. The number of benzene rings is 1. The van der Waals surface area contributed by atoms with Crippen molar-refractivity contribution in [3.8, 4) is 5.75 Å². The number of rotatable bonds is 8. The molecule has 0 spiro atoms. The lowest BCUT2D eigenvalue weighted by molar-refractivity contribution is 0.215. The van der Waals surface area contributed by atoms with Gasteiger partial charge in [-0.25, -0.2) is 8.42 Å². The van der Waals surface area contributed by atoms with Crippen molar-refractivity contribution in [2.75, 3.05) is 25.6 Å². The average Bonchev–Trinajstić information content (AvgIpc) is 2.50. The minimum atomic E-state index is -2.99. The topological polar surface area (TPSA) is 79.8 Å². The van der Waals surface area contributed by atoms with Crippen LogP contribution in [0.4, 0.5) is 0 Å². The lowest BCUT2D eigenvalue weighted by atomic mass is 10.1. The maximum absolute atomic E-state index is 11.2. The van der Waals surface area contributed by atoms with Gasteiger partial charge < -0.3 is 15.4 Å². The van der Waals surface area contributed by atoms with Crippen LogP contribution in [0.5, 0.6) is 5.75 Å². The molecule has 0 fully saturated rings. The van der Waals surface area contributed by atoms with E-state index >= 15 is 0 Å². The molecule has 8 heteroatoms. The maximum Gasteiger partial charge on any atom is 0.191 e. The molecule has 1 rings (SSSR count). The van der Waals surface area contributed by atoms with Gasteiger partial charge in [-0.2, -0.15) is 0 Å². The lowest BCUT2D eigenvalue weighted by Crippen LogP contribution is -2.39. The van der Waals surface area contributed by atoms with Gasteiger partial charge in [-0.15, -0.1) is 24.0 Å². The molecule has 1 unspecified atom stereocenters. The Labute approximate surface area is 168 Å². The standard InChI is InChI=1S/C17H29N3O3S.HI/c1-6-14(3)23-16-11-13(2)7-8-15(16)12-20-17(18-4)19-9-10-24(5,21)22;/h7-8,11,14H,6,9-10,12H2,1-5H3,(H2,18,19,20);1H. The number of aryl methyl sites for hydroxylation is 1. The highest BCUT2D eigenvalue weighted by Crippen LogP contribution is 2.22. The van der Waals surface area contributed by atoms with Crippen LogP contribution in [0.2, 0.25) is 0 Å². The van der Waals surface area contributed by atoms with E-state index in [-0.39, 0.29) is 35.8 Å². The molecule has 25 heavy (non-hydrogen) atoms. The number of guanidine groups is 1. The summed E-state index contributed by atoms with van der Waals surface area (Å²) in [4.78, 5) is 4.11. The van der Waals surface area contributed by atoms with Gasteiger partial charge in [0.25, 0.3) is 0 Å². The molecule has 1 aromatic carbocycles. The summed E-state index contributed by atoms with van der Waals surface area (Å²) in [5.74, 6) is 1.50. The monoisotopic (exact) mass is 483 g/mol. The summed E-state index contributed by atoms with van der Waals surface area (Å²) < 4.78 is 28.3. The number of hydrogen-bond donors (Lipinski definition) is 2. The summed E-state index contributed by atoms with van der Waals surface area (Å²) in [7, 11) is -1.33. The van der Waals surface area contributed by atoms with E-state index < -0.39 is 9.84 Å². The first-order valence-corrected chi connectivity index (χ1v) is 10.2. The number of ether oxygens (including phenoxy) is 1. The Morgan fingerprint density at radius 3 is 2.56 bits per heavy atom. The van der Waals surface area contributed by atoms with Crippen LogP contribution >= 0.6 is 24.0 Å². The van der Waals surface area contributed by atoms with Gasteiger partial charge in [-0.1, -0.05) is 19.1 Å². The third-order valence-electron chi connectivity index (χ3n) is 3.56. The van der Waals surface area contributed by atoms with Crippen molar-refractivity contribution < 1.29 is 13.2 Å². The third-order valence-corrected chi connectivity index (χ3v) is 4.51.